The Bertz CT molecular complexity index is 838. The summed E-state index contributed by atoms with van der Waals surface area (Å²) in [5.41, 5.74) is 6.65. The predicted molar refractivity (Wildman–Crippen MR) is 86.4 cm³/mol. The van der Waals surface area contributed by atoms with E-state index in [-0.39, 0.29) is 25.8 Å². The van der Waals surface area contributed by atoms with Crippen LogP contribution in [-0.4, -0.2) is 0 Å². The van der Waals surface area contributed by atoms with Crippen LogP contribution in [0.3, 0.4) is 0 Å². The summed E-state index contributed by atoms with van der Waals surface area (Å²) in [5.74, 6) is 0. The van der Waals surface area contributed by atoms with Crippen LogP contribution in [0.15, 0.2) is 66.2 Å². The molecule has 1 aliphatic rings. The largest absolute Gasteiger partial charge is 0.0642 e. The Kier molecular flexibility index (Phi) is 3.95. The fraction of sp³-hybridized carbons (Fsp3) is 0.0500. The third-order valence-corrected chi connectivity index (χ3v) is 3.97. The third-order valence-electron chi connectivity index (χ3n) is 3.97. The molecule has 0 atom stereocenters. The van der Waals surface area contributed by atoms with E-state index in [1.54, 1.807) is 0 Å². The normalized spacial score (nSPS) is 12.7. The van der Waals surface area contributed by atoms with Gasteiger partial charge in [0, 0.05) is 32.3 Å². The Balaban J connectivity index is 0.00000132. The van der Waals surface area contributed by atoms with Crippen molar-refractivity contribution in [3.8, 4) is 11.1 Å². The van der Waals surface area contributed by atoms with Gasteiger partial charge in [0.1, 0.15) is 0 Å². The van der Waals surface area contributed by atoms with Crippen molar-refractivity contribution < 1.29 is 25.8 Å². The molecule has 99 valence electrons. The first kappa shape index (κ1) is 14.5. The van der Waals surface area contributed by atoms with E-state index in [0.717, 1.165) is 0 Å². The summed E-state index contributed by atoms with van der Waals surface area (Å²) >= 11 is 0. The van der Waals surface area contributed by atoms with E-state index in [9.17, 15) is 0 Å². The number of fused-ring (bicyclic) bond motifs is 2. The molecular formula is C20H15Hf. The molecule has 1 heteroatoms. The summed E-state index contributed by atoms with van der Waals surface area (Å²) < 4.78 is 0. The van der Waals surface area contributed by atoms with Gasteiger partial charge in [-0.25, -0.2) is 0 Å². The van der Waals surface area contributed by atoms with Gasteiger partial charge < -0.3 is 0 Å². The molecule has 0 saturated heterocycles. The first-order chi connectivity index (χ1) is 9.83. The smallest absolute Gasteiger partial charge is 0.0161 e. The standard InChI is InChI=1S/C20H15.Hf/c1-14-12-16-8-5-11-19(20(16)13-14)18-10-4-7-15-6-2-3-9-17(15)18;/h2-13H,1H3;. The van der Waals surface area contributed by atoms with Crippen LogP contribution in [0, 0.1) is 6.42 Å². The molecule has 0 fully saturated rings. The van der Waals surface area contributed by atoms with Gasteiger partial charge in [0.2, 0.25) is 0 Å². The third kappa shape index (κ3) is 2.44. The maximum Gasteiger partial charge on any atom is 0.0161 e. The Morgan fingerprint density at radius 3 is 2.33 bits per heavy atom. The quantitative estimate of drug-likeness (QED) is 0.446. The minimum Gasteiger partial charge on any atom is -0.0642 e. The summed E-state index contributed by atoms with van der Waals surface area (Å²) in [4.78, 5) is 0. The molecule has 3 aromatic rings. The van der Waals surface area contributed by atoms with Gasteiger partial charge in [-0.2, -0.15) is 0 Å². The summed E-state index contributed by atoms with van der Waals surface area (Å²) in [6.45, 7) is 2.16. The molecule has 1 aliphatic carbocycles. The SMILES string of the molecule is CC1=Cc2c(cccc2-c2cccc3ccccc23)[CH]1.[Hf]. The second-order valence-electron chi connectivity index (χ2n) is 5.37. The van der Waals surface area contributed by atoms with E-state index in [4.69, 9.17) is 0 Å². The number of benzene rings is 3. The number of hydrogen-bond acceptors (Lipinski definition) is 0. The Hall–Kier alpha value is -1.47. The predicted octanol–water partition coefficient (Wildman–Crippen LogP) is 5.47. The van der Waals surface area contributed by atoms with Crippen molar-refractivity contribution in [1.82, 2.24) is 0 Å². The zero-order valence-corrected chi connectivity index (χ0v) is 15.5. The molecule has 0 aromatic heterocycles. The molecule has 0 aliphatic heterocycles. The molecule has 0 spiro atoms. The molecule has 0 nitrogen and oxygen atoms in total. The van der Waals surface area contributed by atoms with Gasteiger partial charge >= 0.3 is 0 Å². The summed E-state index contributed by atoms with van der Waals surface area (Å²) in [7, 11) is 0. The maximum absolute atomic E-state index is 2.28. The molecule has 0 bridgehead atoms. The van der Waals surface area contributed by atoms with E-state index >= 15 is 0 Å². The van der Waals surface area contributed by atoms with Crippen LogP contribution >= 0.6 is 0 Å². The van der Waals surface area contributed by atoms with Gasteiger partial charge in [0.05, 0.1) is 0 Å². The topological polar surface area (TPSA) is 0 Å². The van der Waals surface area contributed by atoms with Crippen LogP contribution in [0.1, 0.15) is 18.1 Å². The monoisotopic (exact) mass is 435 g/mol. The van der Waals surface area contributed by atoms with Crippen LogP contribution in [0.2, 0.25) is 0 Å². The van der Waals surface area contributed by atoms with Crippen molar-refractivity contribution in [2.45, 2.75) is 6.92 Å². The van der Waals surface area contributed by atoms with E-state index in [1.807, 2.05) is 0 Å². The van der Waals surface area contributed by atoms with Gasteiger partial charge in [0.25, 0.3) is 0 Å². The van der Waals surface area contributed by atoms with Crippen LogP contribution in [0.25, 0.3) is 28.0 Å². The Morgan fingerprint density at radius 2 is 1.43 bits per heavy atom. The number of rotatable bonds is 1. The minimum atomic E-state index is 0. The second-order valence-corrected chi connectivity index (χ2v) is 5.37. The van der Waals surface area contributed by atoms with E-state index < -0.39 is 0 Å². The fourth-order valence-corrected chi connectivity index (χ4v) is 3.08. The number of hydrogen-bond donors (Lipinski definition) is 0. The zero-order valence-electron chi connectivity index (χ0n) is 11.9. The van der Waals surface area contributed by atoms with E-state index in [2.05, 4.69) is 80.1 Å². The van der Waals surface area contributed by atoms with Crippen molar-refractivity contribution in [1.29, 1.82) is 0 Å². The molecule has 0 heterocycles. The van der Waals surface area contributed by atoms with Crippen molar-refractivity contribution in [3.63, 3.8) is 0 Å². The first-order valence-electron chi connectivity index (χ1n) is 6.97. The Morgan fingerprint density at radius 1 is 0.714 bits per heavy atom. The van der Waals surface area contributed by atoms with E-state index in [1.165, 1.54) is 38.6 Å². The molecule has 0 unspecified atom stereocenters. The molecule has 21 heavy (non-hydrogen) atoms. The van der Waals surface area contributed by atoms with Crippen molar-refractivity contribution in [2.75, 3.05) is 0 Å². The van der Waals surface area contributed by atoms with Crippen molar-refractivity contribution in [3.05, 3.63) is 83.8 Å². The summed E-state index contributed by atoms with van der Waals surface area (Å²) in [5, 5.41) is 2.62. The van der Waals surface area contributed by atoms with Gasteiger partial charge in [-0.15, -0.1) is 0 Å². The molecule has 0 saturated carbocycles. The summed E-state index contributed by atoms with van der Waals surface area (Å²) in [6.07, 6.45) is 4.54. The average Bonchev–Trinajstić information content (AvgIpc) is 2.87. The molecule has 4 rings (SSSR count). The maximum atomic E-state index is 2.28. The second kappa shape index (κ2) is 5.73. The first-order valence-corrected chi connectivity index (χ1v) is 6.97. The van der Waals surface area contributed by atoms with Gasteiger partial charge in [0.15, 0.2) is 0 Å². The fourth-order valence-electron chi connectivity index (χ4n) is 3.08. The van der Waals surface area contributed by atoms with Gasteiger partial charge in [-0.1, -0.05) is 72.3 Å². The van der Waals surface area contributed by atoms with Crippen LogP contribution in [-0.2, 0) is 25.8 Å². The van der Waals surface area contributed by atoms with Crippen LogP contribution < -0.4 is 0 Å². The van der Waals surface area contributed by atoms with Crippen LogP contribution in [0.4, 0.5) is 0 Å². The van der Waals surface area contributed by atoms with Crippen molar-refractivity contribution >= 4 is 16.8 Å². The molecular weight excluding hydrogens is 419 g/mol. The van der Waals surface area contributed by atoms with Crippen molar-refractivity contribution in [2.24, 2.45) is 0 Å². The van der Waals surface area contributed by atoms with Gasteiger partial charge in [-0.3, -0.25) is 0 Å². The molecule has 3 aromatic carbocycles. The molecule has 0 amide bonds. The summed E-state index contributed by atoms with van der Waals surface area (Å²) in [6, 6.07) is 21.7. The Labute approximate surface area is 144 Å². The van der Waals surface area contributed by atoms with Gasteiger partial charge in [-0.05, 0) is 39.9 Å². The molecule has 0 N–H and O–H groups in total. The van der Waals surface area contributed by atoms with Crippen LogP contribution in [0.5, 0.6) is 0 Å². The average molecular weight is 434 g/mol. The number of allylic oxidation sites excluding steroid dienone is 1. The van der Waals surface area contributed by atoms with E-state index in [0.29, 0.717) is 0 Å². The molecule has 1 radical (unpaired) electrons. The minimum absolute atomic E-state index is 0. The zero-order chi connectivity index (χ0) is 13.5.